The quantitative estimate of drug-likeness (QED) is 0.520. The number of carboxylic acids is 1. The fraction of sp³-hybridized carbons (Fsp3) is 0.462. The van der Waals surface area contributed by atoms with Crippen molar-refractivity contribution in [2.45, 2.75) is 30.2 Å². The van der Waals surface area contributed by atoms with Crippen LogP contribution >= 0.6 is 0 Å². The fourth-order valence-corrected chi connectivity index (χ4v) is 2.93. The lowest BCUT2D eigenvalue weighted by Gasteiger charge is -2.08. The van der Waals surface area contributed by atoms with Crippen LogP contribution in [0.4, 0.5) is 0 Å². The Labute approximate surface area is 123 Å². The molecule has 7 nitrogen and oxygen atoms in total. The van der Waals surface area contributed by atoms with Gasteiger partial charge in [-0.2, -0.15) is 0 Å². The molecule has 0 bridgehead atoms. The summed E-state index contributed by atoms with van der Waals surface area (Å²) in [5.41, 5.74) is -0.437. The first-order valence-corrected chi connectivity index (χ1v) is 8.18. The van der Waals surface area contributed by atoms with Gasteiger partial charge >= 0.3 is 5.97 Å². The van der Waals surface area contributed by atoms with Crippen molar-refractivity contribution in [2.75, 3.05) is 13.1 Å². The third-order valence-electron chi connectivity index (χ3n) is 3.16. The van der Waals surface area contributed by atoms with Crippen LogP contribution in [0.1, 0.15) is 29.6 Å². The number of phenols is 1. The first-order chi connectivity index (χ1) is 9.90. The van der Waals surface area contributed by atoms with Crippen LogP contribution in [0.15, 0.2) is 23.1 Å². The number of hydrogen-bond donors (Lipinski definition) is 4. The Hall–Kier alpha value is -1.64. The summed E-state index contributed by atoms with van der Waals surface area (Å²) in [6, 6.07) is 3.76. The Kier molecular flexibility index (Phi) is 4.81. The highest BCUT2D eigenvalue weighted by molar-refractivity contribution is 7.89. The highest BCUT2D eigenvalue weighted by Crippen LogP contribution is 2.21. The maximum Gasteiger partial charge on any atom is 0.339 e. The van der Waals surface area contributed by atoms with Gasteiger partial charge in [-0.3, -0.25) is 0 Å². The molecule has 0 unspecified atom stereocenters. The van der Waals surface area contributed by atoms with Crippen LogP contribution in [0.2, 0.25) is 0 Å². The molecule has 8 heteroatoms. The van der Waals surface area contributed by atoms with Gasteiger partial charge in [-0.15, -0.1) is 0 Å². The molecule has 1 fully saturated rings. The zero-order valence-corrected chi connectivity index (χ0v) is 12.2. The predicted octanol–water partition coefficient (Wildman–Crippen LogP) is 0.511. The van der Waals surface area contributed by atoms with Gasteiger partial charge in [0.1, 0.15) is 11.3 Å². The van der Waals surface area contributed by atoms with Crippen molar-refractivity contribution < 1.29 is 23.4 Å². The zero-order valence-electron chi connectivity index (χ0n) is 11.4. The SMILES string of the molecule is O=C(O)c1cc(S(=O)(=O)NCCCNC2CC2)ccc1O. The maximum atomic E-state index is 12.0. The fourth-order valence-electron chi connectivity index (χ4n) is 1.83. The molecule has 1 saturated carbocycles. The van der Waals surface area contributed by atoms with Crippen LogP contribution in [0.25, 0.3) is 0 Å². The predicted molar refractivity (Wildman–Crippen MR) is 75.9 cm³/mol. The largest absolute Gasteiger partial charge is 0.507 e. The van der Waals surface area contributed by atoms with Gasteiger partial charge in [0.15, 0.2) is 0 Å². The molecular formula is C13H18N2O5S. The molecule has 1 aliphatic carbocycles. The minimum absolute atomic E-state index is 0.173. The van der Waals surface area contributed by atoms with E-state index in [-0.39, 0.29) is 11.4 Å². The van der Waals surface area contributed by atoms with Crippen molar-refractivity contribution in [1.82, 2.24) is 10.0 Å². The number of carboxylic acid groups (broad SMARTS) is 1. The average molecular weight is 314 g/mol. The van der Waals surface area contributed by atoms with Crippen molar-refractivity contribution in [1.29, 1.82) is 0 Å². The lowest BCUT2D eigenvalue weighted by Crippen LogP contribution is -2.28. The molecule has 0 saturated heterocycles. The monoisotopic (exact) mass is 314 g/mol. The molecule has 4 N–H and O–H groups in total. The molecule has 0 radical (unpaired) electrons. The Morgan fingerprint density at radius 3 is 2.62 bits per heavy atom. The Morgan fingerprint density at radius 1 is 1.29 bits per heavy atom. The molecule has 0 aromatic heterocycles. The normalized spacial score (nSPS) is 15.0. The summed E-state index contributed by atoms with van der Waals surface area (Å²) in [4.78, 5) is 10.7. The van der Waals surface area contributed by atoms with Crippen molar-refractivity contribution in [3.8, 4) is 5.75 Å². The third kappa shape index (κ3) is 4.42. The van der Waals surface area contributed by atoms with E-state index >= 15 is 0 Å². The standard InChI is InChI=1S/C13H18N2O5S/c16-12-5-4-10(8-11(12)13(17)18)21(19,20)15-7-1-6-14-9-2-3-9/h4-5,8-9,14-16H,1-3,6-7H2,(H,17,18). The third-order valence-corrected chi connectivity index (χ3v) is 4.62. The van der Waals surface area contributed by atoms with E-state index in [1.165, 1.54) is 18.9 Å². The number of hydrogen-bond acceptors (Lipinski definition) is 5. The summed E-state index contributed by atoms with van der Waals surface area (Å²) >= 11 is 0. The summed E-state index contributed by atoms with van der Waals surface area (Å²) < 4.78 is 26.5. The molecule has 0 amide bonds. The lowest BCUT2D eigenvalue weighted by molar-refractivity contribution is 0.0693. The highest BCUT2D eigenvalue weighted by atomic mass is 32.2. The van der Waals surface area contributed by atoms with E-state index in [0.717, 1.165) is 18.7 Å². The molecule has 1 aromatic carbocycles. The van der Waals surface area contributed by atoms with Crippen LogP contribution in [0.3, 0.4) is 0 Å². The number of aromatic carboxylic acids is 1. The molecule has 2 rings (SSSR count). The highest BCUT2D eigenvalue weighted by Gasteiger charge is 2.20. The summed E-state index contributed by atoms with van der Waals surface area (Å²) in [5.74, 6) is -1.84. The number of aromatic hydroxyl groups is 1. The Bertz CT molecular complexity index is 625. The number of carbonyl (C=O) groups is 1. The molecule has 0 atom stereocenters. The second-order valence-corrected chi connectivity index (χ2v) is 6.73. The van der Waals surface area contributed by atoms with Crippen LogP contribution in [-0.2, 0) is 10.0 Å². The van der Waals surface area contributed by atoms with Crippen molar-refractivity contribution in [2.24, 2.45) is 0 Å². The summed E-state index contributed by atoms with van der Waals surface area (Å²) in [6.45, 7) is 1.01. The molecule has 0 spiro atoms. The smallest absolute Gasteiger partial charge is 0.339 e. The number of nitrogens with one attached hydrogen (secondary N) is 2. The van der Waals surface area contributed by atoms with Gasteiger partial charge in [-0.1, -0.05) is 0 Å². The summed E-state index contributed by atoms with van der Waals surface area (Å²) in [6.07, 6.45) is 3.01. The first kappa shape index (κ1) is 15.7. The first-order valence-electron chi connectivity index (χ1n) is 6.69. The van der Waals surface area contributed by atoms with Crippen LogP contribution in [0, 0.1) is 0 Å². The van der Waals surface area contributed by atoms with Crippen molar-refractivity contribution in [3.63, 3.8) is 0 Å². The Balaban J connectivity index is 1.94. The van der Waals surface area contributed by atoms with E-state index in [2.05, 4.69) is 10.0 Å². The summed E-state index contributed by atoms with van der Waals surface area (Å²) in [5, 5.41) is 21.5. The van der Waals surface area contributed by atoms with Gasteiger partial charge in [-0.05, 0) is 44.0 Å². The number of sulfonamides is 1. The van der Waals surface area contributed by atoms with Crippen molar-refractivity contribution >= 4 is 16.0 Å². The van der Waals surface area contributed by atoms with E-state index in [9.17, 15) is 18.3 Å². The van der Waals surface area contributed by atoms with Crippen LogP contribution in [0.5, 0.6) is 5.75 Å². The Morgan fingerprint density at radius 2 is 2.00 bits per heavy atom. The van der Waals surface area contributed by atoms with E-state index in [4.69, 9.17) is 5.11 Å². The molecule has 1 aliphatic rings. The number of benzene rings is 1. The molecule has 0 aliphatic heterocycles. The molecular weight excluding hydrogens is 296 g/mol. The van der Waals surface area contributed by atoms with Crippen LogP contribution < -0.4 is 10.0 Å². The topological polar surface area (TPSA) is 116 Å². The zero-order chi connectivity index (χ0) is 15.5. The summed E-state index contributed by atoms with van der Waals surface area (Å²) in [7, 11) is -3.77. The van der Waals surface area contributed by atoms with E-state index in [1.54, 1.807) is 0 Å². The lowest BCUT2D eigenvalue weighted by atomic mass is 10.2. The van der Waals surface area contributed by atoms with Gasteiger partial charge in [0.05, 0.1) is 4.90 Å². The minimum Gasteiger partial charge on any atom is -0.507 e. The van der Waals surface area contributed by atoms with Gasteiger partial charge in [-0.25, -0.2) is 17.9 Å². The van der Waals surface area contributed by atoms with Gasteiger partial charge in [0, 0.05) is 12.6 Å². The van der Waals surface area contributed by atoms with E-state index in [0.29, 0.717) is 12.5 Å². The van der Waals surface area contributed by atoms with E-state index < -0.39 is 27.3 Å². The van der Waals surface area contributed by atoms with Gasteiger partial charge in [0.25, 0.3) is 0 Å². The molecule has 116 valence electrons. The van der Waals surface area contributed by atoms with Gasteiger partial charge < -0.3 is 15.5 Å². The van der Waals surface area contributed by atoms with Crippen LogP contribution in [-0.4, -0.2) is 43.7 Å². The van der Waals surface area contributed by atoms with Gasteiger partial charge in [0.2, 0.25) is 10.0 Å². The maximum absolute atomic E-state index is 12.0. The molecule has 21 heavy (non-hydrogen) atoms. The molecule has 1 aromatic rings. The molecule has 0 heterocycles. The minimum atomic E-state index is -3.77. The second-order valence-electron chi connectivity index (χ2n) is 4.96. The number of rotatable bonds is 8. The van der Waals surface area contributed by atoms with E-state index in [1.807, 2.05) is 0 Å². The average Bonchev–Trinajstić information content (AvgIpc) is 3.22. The van der Waals surface area contributed by atoms with Crippen molar-refractivity contribution in [3.05, 3.63) is 23.8 Å². The second kappa shape index (κ2) is 6.42.